The molecule has 0 amide bonds. The van der Waals surface area contributed by atoms with Crippen molar-refractivity contribution in [3.05, 3.63) is 0 Å². The molecule has 1 saturated carbocycles. The molecule has 1 aliphatic carbocycles. The van der Waals surface area contributed by atoms with E-state index in [1.165, 1.54) is 56.6 Å². The lowest BCUT2D eigenvalue weighted by Crippen LogP contribution is -2.36. The van der Waals surface area contributed by atoms with E-state index in [2.05, 4.69) is 24.0 Å². The van der Waals surface area contributed by atoms with Crippen LogP contribution in [0.15, 0.2) is 0 Å². The number of thioether (sulfide) groups is 1. The molecule has 1 N–H and O–H groups in total. The zero-order valence-corrected chi connectivity index (χ0v) is 10.8. The van der Waals surface area contributed by atoms with Crippen LogP contribution < -0.4 is 5.32 Å². The lowest BCUT2D eigenvalue weighted by atomic mass is 10.0. The predicted octanol–water partition coefficient (Wildman–Crippen LogP) is 3.30. The molecule has 88 valence electrons. The van der Waals surface area contributed by atoms with Crippen molar-refractivity contribution in [2.24, 2.45) is 11.8 Å². The van der Waals surface area contributed by atoms with E-state index in [0.29, 0.717) is 0 Å². The van der Waals surface area contributed by atoms with E-state index < -0.39 is 0 Å². The molecule has 2 fully saturated rings. The van der Waals surface area contributed by atoms with Gasteiger partial charge >= 0.3 is 0 Å². The Labute approximate surface area is 98.8 Å². The van der Waals surface area contributed by atoms with Gasteiger partial charge in [-0.25, -0.2) is 0 Å². The van der Waals surface area contributed by atoms with Crippen LogP contribution in [-0.4, -0.2) is 24.1 Å². The fraction of sp³-hybridized carbons (Fsp3) is 1.00. The SMILES string of the molecule is CCCC(NCC1CCSCC1)C1CC1. The van der Waals surface area contributed by atoms with E-state index >= 15 is 0 Å². The van der Waals surface area contributed by atoms with Gasteiger partial charge in [0.1, 0.15) is 0 Å². The number of hydrogen-bond donors (Lipinski definition) is 1. The van der Waals surface area contributed by atoms with E-state index in [4.69, 9.17) is 0 Å². The fourth-order valence-corrected chi connectivity index (χ4v) is 3.79. The number of rotatable bonds is 6. The Morgan fingerprint density at radius 1 is 1.20 bits per heavy atom. The smallest absolute Gasteiger partial charge is 0.00953 e. The summed E-state index contributed by atoms with van der Waals surface area (Å²) < 4.78 is 0. The molecule has 0 aromatic heterocycles. The highest BCUT2D eigenvalue weighted by molar-refractivity contribution is 7.99. The van der Waals surface area contributed by atoms with E-state index in [-0.39, 0.29) is 0 Å². The average molecular weight is 227 g/mol. The monoisotopic (exact) mass is 227 g/mol. The lowest BCUT2D eigenvalue weighted by Gasteiger charge is -2.25. The first-order chi connectivity index (χ1) is 7.40. The van der Waals surface area contributed by atoms with Crippen LogP contribution in [0.3, 0.4) is 0 Å². The van der Waals surface area contributed by atoms with Gasteiger partial charge in [-0.2, -0.15) is 11.8 Å². The van der Waals surface area contributed by atoms with Gasteiger partial charge in [-0.3, -0.25) is 0 Å². The summed E-state index contributed by atoms with van der Waals surface area (Å²) in [5.74, 6) is 4.80. The molecule has 1 heterocycles. The molecule has 0 aromatic rings. The van der Waals surface area contributed by atoms with Crippen LogP contribution in [0, 0.1) is 11.8 Å². The molecule has 1 saturated heterocycles. The van der Waals surface area contributed by atoms with E-state index in [1.54, 1.807) is 0 Å². The second-order valence-corrected chi connectivity index (χ2v) is 6.42. The van der Waals surface area contributed by atoms with E-state index in [1.807, 2.05) is 0 Å². The van der Waals surface area contributed by atoms with Crippen LogP contribution in [-0.2, 0) is 0 Å². The van der Waals surface area contributed by atoms with Crippen LogP contribution in [0.25, 0.3) is 0 Å². The molecule has 1 unspecified atom stereocenters. The zero-order valence-electron chi connectivity index (χ0n) is 10.0. The minimum atomic E-state index is 0.851. The van der Waals surface area contributed by atoms with Crippen molar-refractivity contribution in [1.29, 1.82) is 0 Å². The van der Waals surface area contributed by atoms with Gasteiger partial charge < -0.3 is 5.32 Å². The Morgan fingerprint density at radius 3 is 2.53 bits per heavy atom. The highest BCUT2D eigenvalue weighted by Crippen LogP contribution is 2.34. The first-order valence-corrected chi connectivity index (χ1v) is 7.86. The molecule has 2 aliphatic rings. The summed E-state index contributed by atoms with van der Waals surface area (Å²) in [7, 11) is 0. The highest BCUT2D eigenvalue weighted by atomic mass is 32.2. The van der Waals surface area contributed by atoms with Crippen molar-refractivity contribution >= 4 is 11.8 Å². The fourth-order valence-electron chi connectivity index (χ4n) is 2.58. The van der Waals surface area contributed by atoms with Crippen LogP contribution in [0.5, 0.6) is 0 Å². The molecular weight excluding hydrogens is 202 g/mol. The number of hydrogen-bond acceptors (Lipinski definition) is 2. The molecule has 2 heteroatoms. The van der Waals surface area contributed by atoms with E-state index in [9.17, 15) is 0 Å². The summed E-state index contributed by atoms with van der Waals surface area (Å²) >= 11 is 2.13. The third-order valence-electron chi connectivity index (χ3n) is 3.80. The quantitative estimate of drug-likeness (QED) is 0.747. The third kappa shape index (κ3) is 3.99. The first-order valence-electron chi connectivity index (χ1n) is 6.71. The minimum absolute atomic E-state index is 0.851. The molecule has 0 radical (unpaired) electrons. The molecule has 1 nitrogen and oxygen atoms in total. The van der Waals surface area contributed by atoms with Crippen LogP contribution in [0.2, 0.25) is 0 Å². The van der Waals surface area contributed by atoms with Gasteiger partial charge in [-0.1, -0.05) is 13.3 Å². The first kappa shape index (κ1) is 11.8. The largest absolute Gasteiger partial charge is 0.313 e. The van der Waals surface area contributed by atoms with Crippen LogP contribution in [0.4, 0.5) is 0 Å². The summed E-state index contributed by atoms with van der Waals surface area (Å²) in [5, 5.41) is 3.84. The zero-order chi connectivity index (χ0) is 10.5. The summed E-state index contributed by atoms with van der Waals surface area (Å²) in [4.78, 5) is 0. The summed E-state index contributed by atoms with van der Waals surface area (Å²) in [6, 6.07) is 0.851. The topological polar surface area (TPSA) is 12.0 Å². The van der Waals surface area contributed by atoms with Crippen molar-refractivity contribution in [3.63, 3.8) is 0 Å². The Bertz CT molecular complexity index is 173. The minimum Gasteiger partial charge on any atom is -0.313 e. The summed E-state index contributed by atoms with van der Waals surface area (Å²) in [5.41, 5.74) is 0. The van der Waals surface area contributed by atoms with Crippen molar-refractivity contribution in [2.75, 3.05) is 18.1 Å². The maximum atomic E-state index is 3.84. The average Bonchev–Trinajstić information content (AvgIpc) is 3.09. The Morgan fingerprint density at radius 2 is 1.93 bits per heavy atom. The van der Waals surface area contributed by atoms with Gasteiger partial charge in [-0.15, -0.1) is 0 Å². The van der Waals surface area contributed by atoms with Crippen LogP contribution >= 0.6 is 11.8 Å². The molecule has 15 heavy (non-hydrogen) atoms. The van der Waals surface area contributed by atoms with Gasteiger partial charge in [-0.05, 0) is 62.0 Å². The van der Waals surface area contributed by atoms with Gasteiger partial charge in [0.15, 0.2) is 0 Å². The van der Waals surface area contributed by atoms with Gasteiger partial charge in [0.2, 0.25) is 0 Å². The van der Waals surface area contributed by atoms with Gasteiger partial charge in [0, 0.05) is 6.04 Å². The lowest BCUT2D eigenvalue weighted by molar-refractivity contribution is 0.369. The van der Waals surface area contributed by atoms with E-state index in [0.717, 1.165) is 17.9 Å². The standard InChI is InChI=1S/C13H25NS/c1-2-3-13(12-4-5-12)14-10-11-6-8-15-9-7-11/h11-14H,2-10H2,1H3. The van der Waals surface area contributed by atoms with Gasteiger partial charge in [0.25, 0.3) is 0 Å². The van der Waals surface area contributed by atoms with Gasteiger partial charge in [0.05, 0.1) is 0 Å². The van der Waals surface area contributed by atoms with Crippen molar-refractivity contribution in [1.82, 2.24) is 5.32 Å². The second-order valence-electron chi connectivity index (χ2n) is 5.20. The highest BCUT2D eigenvalue weighted by Gasteiger charge is 2.30. The maximum Gasteiger partial charge on any atom is 0.00953 e. The predicted molar refractivity (Wildman–Crippen MR) is 69.5 cm³/mol. The molecule has 1 aliphatic heterocycles. The Balaban J connectivity index is 1.65. The molecule has 0 aromatic carbocycles. The molecular formula is C13H25NS. The normalized spacial score (nSPS) is 25.4. The Kier molecular flexibility index (Phi) is 4.83. The second kappa shape index (κ2) is 6.15. The molecule has 2 rings (SSSR count). The third-order valence-corrected chi connectivity index (χ3v) is 4.85. The summed E-state index contributed by atoms with van der Waals surface area (Å²) in [6.45, 7) is 3.61. The van der Waals surface area contributed by atoms with Crippen molar-refractivity contribution < 1.29 is 0 Å². The number of nitrogens with one attached hydrogen (secondary N) is 1. The Hall–Kier alpha value is 0.310. The molecule has 0 bridgehead atoms. The maximum absolute atomic E-state index is 3.84. The summed E-state index contributed by atoms with van der Waals surface area (Å²) in [6.07, 6.45) is 8.60. The van der Waals surface area contributed by atoms with Crippen LogP contribution in [0.1, 0.15) is 45.4 Å². The van der Waals surface area contributed by atoms with Crippen molar-refractivity contribution in [2.45, 2.75) is 51.5 Å². The molecule has 1 atom stereocenters. The van der Waals surface area contributed by atoms with Crippen molar-refractivity contribution in [3.8, 4) is 0 Å². The molecule has 0 spiro atoms.